The van der Waals surface area contributed by atoms with Gasteiger partial charge in [-0.3, -0.25) is 14.3 Å². The molecule has 5 heteroatoms. The Morgan fingerprint density at radius 2 is 1.87 bits per heavy atom. The first-order chi connectivity index (χ1) is 11.0. The molecule has 128 valence electrons. The van der Waals surface area contributed by atoms with E-state index in [0.717, 1.165) is 18.8 Å². The van der Waals surface area contributed by atoms with E-state index in [-0.39, 0.29) is 29.5 Å². The summed E-state index contributed by atoms with van der Waals surface area (Å²) < 4.78 is 7.56. The van der Waals surface area contributed by atoms with Gasteiger partial charge in [-0.1, -0.05) is 39.5 Å². The van der Waals surface area contributed by atoms with Gasteiger partial charge in [-0.15, -0.1) is 0 Å². The van der Waals surface area contributed by atoms with E-state index in [4.69, 9.17) is 4.74 Å². The Morgan fingerprint density at radius 1 is 1.17 bits per heavy atom. The van der Waals surface area contributed by atoms with Crippen molar-refractivity contribution in [1.29, 1.82) is 0 Å². The van der Waals surface area contributed by atoms with Crippen molar-refractivity contribution < 1.29 is 4.74 Å². The second-order valence-corrected chi connectivity index (χ2v) is 7.46. The Labute approximate surface area is 137 Å². The summed E-state index contributed by atoms with van der Waals surface area (Å²) >= 11 is 0. The van der Waals surface area contributed by atoms with E-state index in [1.54, 1.807) is 10.8 Å². The van der Waals surface area contributed by atoms with Crippen LogP contribution in [0.3, 0.4) is 0 Å². The molecule has 2 heterocycles. The maximum Gasteiger partial charge on any atom is 0.330 e. The van der Waals surface area contributed by atoms with E-state index in [1.807, 2.05) is 6.92 Å². The van der Waals surface area contributed by atoms with Gasteiger partial charge in [0.15, 0.2) is 0 Å². The average Bonchev–Trinajstić information content (AvgIpc) is 3.11. The molecular weight excluding hydrogens is 292 g/mol. The molecule has 1 aliphatic heterocycles. The van der Waals surface area contributed by atoms with Gasteiger partial charge in [-0.05, 0) is 31.6 Å². The molecule has 4 unspecified atom stereocenters. The predicted molar refractivity (Wildman–Crippen MR) is 89.5 cm³/mol. The van der Waals surface area contributed by atoms with Gasteiger partial charge in [-0.2, -0.15) is 0 Å². The fourth-order valence-corrected chi connectivity index (χ4v) is 4.03. The molecule has 1 saturated carbocycles. The highest BCUT2D eigenvalue weighted by molar-refractivity contribution is 5.06. The van der Waals surface area contributed by atoms with Crippen molar-refractivity contribution in [3.05, 3.63) is 32.6 Å². The first kappa shape index (κ1) is 16.5. The van der Waals surface area contributed by atoms with Crippen LogP contribution < -0.4 is 11.2 Å². The van der Waals surface area contributed by atoms with Gasteiger partial charge in [-0.25, -0.2) is 4.79 Å². The molecule has 1 aliphatic carbocycles. The van der Waals surface area contributed by atoms with Crippen molar-refractivity contribution >= 4 is 0 Å². The molecule has 3 rings (SSSR count). The SMILES string of the molecule is CC1OC(n2cc(CCC3CCCC3)c(=O)[nH]c2=O)C(C)C1C. The first-order valence-corrected chi connectivity index (χ1v) is 8.97. The van der Waals surface area contributed by atoms with Crippen molar-refractivity contribution in [1.82, 2.24) is 9.55 Å². The molecule has 23 heavy (non-hydrogen) atoms. The minimum Gasteiger partial charge on any atom is -0.354 e. The van der Waals surface area contributed by atoms with Gasteiger partial charge >= 0.3 is 5.69 Å². The van der Waals surface area contributed by atoms with Crippen LogP contribution in [0, 0.1) is 17.8 Å². The molecule has 5 nitrogen and oxygen atoms in total. The van der Waals surface area contributed by atoms with Gasteiger partial charge in [0.1, 0.15) is 6.23 Å². The summed E-state index contributed by atoms with van der Waals surface area (Å²) in [6.45, 7) is 6.29. The summed E-state index contributed by atoms with van der Waals surface area (Å²) in [6, 6.07) is 0. The monoisotopic (exact) mass is 320 g/mol. The largest absolute Gasteiger partial charge is 0.354 e. The van der Waals surface area contributed by atoms with Crippen molar-refractivity contribution in [2.45, 2.75) is 71.6 Å². The number of aromatic amines is 1. The van der Waals surface area contributed by atoms with Gasteiger partial charge < -0.3 is 4.74 Å². The third kappa shape index (κ3) is 3.30. The van der Waals surface area contributed by atoms with Crippen LogP contribution in [0.5, 0.6) is 0 Å². The molecule has 0 bridgehead atoms. The minimum absolute atomic E-state index is 0.121. The van der Waals surface area contributed by atoms with Crippen molar-refractivity contribution in [3.8, 4) is 0 Å². The van der Waals surface area contributed by atoms with E-state index in [9.17, 15) is 9.59 Å². The fourth-order valence-electron chi connectivity index (χ4n) is 4.03. The average molecular weight is 320 g/mol. The Morgan fingerprint density at radius 3 is 2.48 bits per heavy atom. The molecule has 2 fully saturated rings. The van der Waals surface area contributed by atoms with Crippen LogP contribution in [0.1, 0.15) is 64.7 Å². The van der Waals surface area contributed by atoms with Gasteiger partial charge in [0.2, 0.25) is 0 Å². The normalized spacial score (nSPS) is 31.8. The number of rotatable bonds is 4. The van der Waals surface area contributed by atoms with Gasteiger partial charge in [0, 0.05) is 17.7 Å². The van der Waals surface area contributed by atoms with E-state index >= 15 is 0 Å². The third-order valence-electron chi connectivity index (χ3n) is 5.99. The molecule has 0 aromatic carbocycles. The highest BCUT2D eigenvalue weighted by Gasteiger charge is 2.38. The van der Waals surface area contributed by atoms with E-state index in [2.05, 4.69) is 18.8 Å². The van der Waals surface area contributed by atoms with E-state index < -0.39 is 0 Å². The summed E-state index contributed by atoms with van der Waals surface area (Å²) in [6.07, 6.45) is 8.52. The lowest BCUT2D eigenvalue weighted by Crippen LogP contribution is -2.35. The zero-order chi connectivity index (χ0) is 16.6. The molecule has 1 aromatic heterocycles. The van der Waals surface area contributed by atoms with Crippen LogP contribution in [0.25, 0.3) is 0 Å². The molecule has 1 saturated heterocycles. The van der Waals surface area contributed by atoms with Crippen LogP contribution in [-0.2, 0) is 11.2 Å². The highest BCUT2D eigenvalue weighted by atomic mass is 16.5. The quantitative estimate of drug-likeness (QED) is 0.928. The number of ether oxygens (including phenoxy) is 1. The lowest BCUT2D eigenvalue weighted by atomic mass is 9.93. The summed E-state index contributed by atoms with van der Waals surface area (Å²) in [4.78, 5) is 26.8. The maximum atomic E-state index is 12.2. The number of H-pyrrole nitrogens is 1. The first-order valence-electron chi connectivity index (χ1n) is 8.97. The van der Waals surface area contributed by atoms with Crippen LogP contribution in [0.15, 0.2) is 15.8 Å². The standard InChI is InChI=1S/C18H28N2O3/c1-11-12(2)17(23-13(11)3)20-10-15(16(21)19-18(20)22)9-8-14-6-4-5-7-14/h10-14,17H,4-9H2,1-3H3,(H,19,21,22). The molecule has 0 radical (unpaired) electrons. The van der Waals surface area contributed by atoms with Crippen molar-refractivity contribution in [2.24, 2.45) is 17.8 Å². The number of nitrogens with zero attached hydrogens (tertiary/aromatic N) is 1. The minimum atomic E-state index is -0.363. The topological polar surface area (TPSA) is 64.1 Å². The number of hydrogen-bond acceptors (Lipinski definition) is 3. The molecule has 1 N–H and O–H groups in total. The van der Waals surface area contributed by atoms with Crippen LogP contribution in [-0.4, -0.2) is 15.7 Å². The third-order valence-corrected chi connectivity index (χ3v) is 5.99. The zero-order valence-electron chi connectivity index (χ0n) is 14.4. The molecule has 4 atom stereocenters. The van der Waals surface area contributed by atoms with Crippen molar-refractivity contribution in [2.75, 3.05) is 0 Å². The van der Waals surface area contributed by atoms with Crippen LogP contribution in [0.2, 0.25) is 0 Å². The second kappa shape index (κ2) is 6.63. The van der Waals surface area contributed by atoms with Crippen LogP contribution >= 0.6 is 0 Å². The molecule has 0 spiro atoms. The summed E-state index contributed by atoms with van der Waals surface area (Å²) in [5.74, 6) is 1.37. The highest BCUT2D eigenvalue weighted by Crippen LogP contribution is 2.37. The lowest BCUT2D eigenvalue weighted by Gasteiger charge is -2.19. The number of aromatic nitrogens is 2. The Kier molecular flexibility index (Phi) is 4.76. The number of hydrogen-bond donors (Lipinski definition) is 1. The molecule has 0 amide bonds. The summed E-state index contributed by atoms with van der Waals surface area (Å²) in [7, 11) is 0. The number of nitrogens with one attached hydrogen (secondary N) is 1. The van der Waals surface area contributed by atoms with Crippen molar-refractivity contribution in [3.63, 3.8) is 0 Å². The van der Waals surface area contributed by atoms with Gasteiger partial charge in [0.25, 0.3) is 5.56 Å². The predicted octanol–water partition coefficient (Wildman–Crippen LogP) is 2.85. The maximum absolute atomic E-state index is 12.2. The van der Waals surface area contributed by atoms with E-state index in [0.29, 0.717) is 11.5 Å². The Bertz CT molecular complexity index is 657. The molecule has 2 aliphatic rings. The van der Waals surface area contributed by atoms with Gasteiger partial charge in [0.05, 0.1) is 6.10 Å². The lowest BCUT2D eigenvalue weighted by molar-refractivity contribution is -0.00776. The smallest absolute Gasteiger partial charge is 0.330 e. The molecule has 1 aromatic rings. The summed E-state index contributed by atoms with van der Waals surface area (Å²) in [5, 5.41) is 0. The fraction of sp³-hybridized carbons (Fsp3) is 0.778. The van der Waals surface area contributed by atoms with Crippen LogP contribution in [0.4, 0.5) is 0 Å². The zero-order valence-corrected chi connectivity index (χ0v) is 14.4. The number of aryl methyl sites for hydroxylation is 1. The Balaban J connectivity index is 1.82. The molecular formula is C18H28N2O3. The van der Waals surface area contributed by atoms with E-state index in [1.165, 1.54) is 25.7 Å². The summed E-state index contributed by atoms with van der Waals surface area (Å²) in [5.41, 5.74) is 0.105. The second-order valence-electron chi connectivity index (χ2n) is 7.46. The Hall–Kier alpha value is -1.36.